The number of ether oxygens (including phenoxy) is 2. The standard InChI is InChI=1S/C18H23N5O6/c1-11-8-14(21-28-11)16(24)22-4-6-26-18(9-22)10-23(5-7-27-18)17(25)19-15-12(2)20-29-13(15)3/h8H,4-7,9-10H2,1-3H3,(H,19,25). The summed E-state index contributed by atoms with van der Waals surface area (Å²) in [6.45, 7) is 6.98. The highest BCUT2D eigenvalue weighted by Crippen LogP contribution is 2.27. The summed E-state index contributed by atoms with van der Waals surface area (Å²) in [4.78, 5) is 28.7. The molecule has 2 aliphatic heterocycles. The predicted octanol–water partition coefficient (Wildman–Crippen LogP) is 1.32. The van der Waals surface area contributed by atoms with Crippen molar-refractivity contribution in [3.05, 3.63) is 29.0 Å². The fourth-order valence-electron chi connectivity index (χ4n) is 3.52. The molecule has 29 heavy (non-hydrogen) atoms. The van der Waals surface area contributed by atoms with E-state index in [1.165, 1.54) is 0 Å². The molecular formula is C18H23N5O6. The van der Waals surface area contributed by atoms with Crippen LogP contribution in [0.1, 0.15) is 27.7 Å². The molecule has 2 fully saturated rings. The van der Waals surface area contributed by atoms with E-state index in [4.69, 9.17) is 18.5 Å². The van der Waals surface area contributed by atoms with Crippen molar-refractivity contribution in [2.75, 3.05) is 44.7 Å². The van der Waals surface area contributed by atoms with Crippen LogP contribution in [0.5, 0.6) is 0 Å². The van der Waals surface area contributed by atoms with Crippen LogP contribution in [0.2, 0.25) is 0 Å². The topological polar surface area (TPSA) is 123 Å². The Kier molecular flexibility index (Phi) is 5.01. The van der Waals surface area contributed by atoms with Gasteiger partial charge in [0.1, 0.15) is 17.1 Å². The summed E-state index contributed by atoms with van der Waals surface area (Å²) in [5, 5.41) is 10.5. The molecule has 11 nitrogen and oxygen atoms in total. The fraction of sp³-hybridized carbons (Fsp3) is 0.556. The van der Waals surface area contributed by atoms with Crippen LogP contribution in [0.25, 0.3) is 0 Å². The predicted molar refractivity (Wildman–Crippen MR) is 98.3 cm³/mol. The second kappa shape index (κ2) is 7.48. The average Bonchev–Trinajstić information content (AvgIpc) is 3.28. The van der Waals surface area contributed by atoms with Crippen LogP contribution in [0.4, 0.5) is 10.5 Å². The van der Waals surface area contributed by atoms with E-state index in [2.05, 4.69) is 15.6 Å². The molecular weight excluding hydrogens is 382 g/mol. The van der Waals surface area contributed by atoms with Gasteiger partial charge in [0.05, 0.1) is 26.3 Å². The van der Waals surface area contributed by atoms with Gasteiger partial charge in [0, 0.05) is 19.2 Å². The third kappa shape index (κ3) is 3.83. The highest BCUT2D eigenvalue weighted by atomic mass is 16.7. The molecule has 1 N–H and O–H groups in total. The second-order valence-corrected chi connectivity index (χ2v) is 7.21. The Balaban J connectivity index is 1.45. The van der Waals surface area contributed by atoms with Crippen LogP contribution in [0.3, 0.4) is 0 Å². The lowest BCUT2D eigenvalue weighted by molar-refractivity contribution is -0.281. The monoisotopic (exact) mass is 405 g/mol. The van der Waals surface area contributed by atoms with Crippen LogP contribution >= 0.6 is 0 Å². The number of carbonyl (C=O) groups excluding carboxylic acids is 2. The maximum absolute atomic E-state index is 12.8. The number of nitrogens with zero attached hydrogens (tertiary/aromatic N) is 4. The molecule has 1 unspecified atom stereocenters. The van der Waals surface area contributed by atoms with E-state index in [9.17, 15) is 9.59 Å². The first-order valence-corrected chi connectivity index (χ1v) is 9.36. The van der Waals surface area contributed by atoms with E-state index < -0.39 is 5.79 Å². The lowest BCUT2D eigenvalue weighted by Crippen LogP contribution is -2.64. The number of anilines is 1. The summed E-state index contributed by atoms with van der Waals surface area (Å²) in [5.41, 5.74) is 1.40. The Labute approximate surface area is 166 Å². The lowest BCUT2D eigenvalue weighted by atomic mass is 10.1. The molecule has 0 aromatic carbocycles. The quantitative estimate of drug-likeness (QED) is 0.794. The Morgan fingerprint density at radius 3 is 2.34 bits per heavy atom. The normalized spacial score (nSPS) is 22.2. The van der Waals surface area contributed by atoms with Crippen molar-refractivity contribution in [2.45, 2.75) is 26.6 Å². The van der Waals surface area contributed by atoms with E-state index in [-0.39, 0.29) is 30.7 Å². The molecule has 3 amide bonds. The molecule has 2 saturated heterocycles. The molecule has 0 radical (unpaired) electrons. The number of aromatic nitrogens is 2. The number of nitrogens with one attached hydrogen (secondary N) is 1. The van der Waals surface area contributed by atoms with Crippen molar-refractivity contribution in [2.24, 2.45) is 0 Å². The molecule has 2 aromatic heterocycles. The minimum absolute atomic E-state index is 0.184. The zero-order chi connectivity index (χ0) is 20.6. The molecule has 0 aliphatic carbocycles. The summed E-state index contributed by atoms with van der Waals surface area (Å²) in [6, 6.07) is 1.29. The summed E-state index contributed by atoms with van der Waals surface area (Å²) in [5.74, 6) is -0.244. The fourth-order valence-corrected chi connectivity index (χ4v) is 3.52. The average molecular weight is 405 g/mol. The van der Waals surface area contributed by atoms with Gasteiger partial charge in [-0.3, -0.25) is 4.79 Å². The molecule has 4 rings (SSSR count). The van der Waals surface area contributed by atoms with Crippen LogP contribution in [0.15, 0.2) is 15.1 Å². The Bertz CT molecular complexity index is 900. The van der Waals surface area contributed by atoms with E-state index in [1.54, 1.807) is 36.6 Å². The largest absolute Gasteiger partial charge is 0.361 e. The van der Waals surface area contributed by atoms with Gasteiger partial charge in [-0.25, -0.2) is 4.79 Å². The van der Waals surface area contributed by atoms with Gasteiger partial charge < -0.3 is 33.6 Å². The van der Waals surface area contributed by atoms with Crippen LogP contribution in [0, 0.1) is 20.8 Å². The van der Waals surface area contributed by atoms with Gasteiger partial charge in [-0.1, -0.05) is 10.3 Å². The summed E-state index contributed by atoms with van der Waals surface area (Å²) in [7, 11) is 0. The molecule has 156 valence electrons. The van der Waals surface area contributed by atoms with Gasteiger partial charge in [-0.15, -0.1) is 0 Å². The molecule has 2 aliphatic rings. The van der Waals surface area contributed by atoms with E-state index in [1.807, 2.05) is 0 Å². The maximum atomic E-state index is 12.8. The SMILES string of the molecule is Cc1cc(C(=O)N2CCOC3(CN(C(=O)Nc4c(C)noc4C)CCO3)C2)no1. The number of morpholine rings is 2. The van der Waals surface area contributed by atoms with Gasteiger partial charge in [0.2, 0.25) is 5.79 Å². The zero-order valence-corrected chi connectivity index (χ0v) is 16.6. The van der Waals surface area contributed by atoms with Gasteiger partial charge in [0.15, 0.2) is 11.5 Å². The van der Waals surface area contributed by atoms with Crippen molar-refractivity contribution in [1.29, 1.82) is 0 Å². The lowest BCUT2D eigenvalue weighted by Gasteiger charge is -2.47. The van der Waals surface area contributed by atoms with Crippen molar-refractivity contribution < 1.29 is 28.1 Å². The van der Waals surface area contributed by atoms with Crippen LogP contribution < -0.4 is 5.32 Å². The number of hydrogen-bond donors (Lipinski definition) is 1. The van der Waals surface area contributed by atoms with Crippen LogP contribution in [-0.2, 0) is 9.47 Å². The number of hydrogen-bond acceptors (Lipinski definition) is 8. The third-order valence-corrected chi connectivity index (χ3v) is 5.00. The summed E-state index contributed by atoms with van der Waals surface area (Å²) < 4.78 is 21.8. The first-order valence-electron chi connectivity index (χ1n) is 9.36. The van der Waals surface area contributed by atoms with Crippen molar-refractivity contribution in [3.63, 3.8) is 0 Å². The molecule has 0 saturated carbocycles. The van der Waals surface area contributed by atoms with E-state index in [0.29, 0.717) is 49.2 Å². The number of rotatable bonds is 2. The van der Waals surface area contributed by atoms with E-state index in [0.717, 1.165) is 0 Å². The molecule has 1 atom stereocenters. The first-order chi connectivity index (χ1) is 13.9. The maximum Gasteiger partial charge on any atom is 0.322 e. The molecule has 4 heterocycles. The Hall–Kier alpha value is -2.92. The Morgan fingerprint density at radius 2 is 1.72 bits per heavy atom. The van der Waals surface area contributed by atoms with Gasteiger partial charge in [-0.2, -0.15) is 0 Å². The zero-order valence-electron chi connectivity index (χ0n) is 16.6. The van der Waals surface area contributed by atoms with Crippen molar-refractivity contribution in [1.82, 2.24) is 20.1 Å². The van der Waals surface area contributed by atoms with Gasteiger partial charge in [-0.05, 0) is 20.8 Å². The highest BCUT2D eigenvalue weighted by molar-refractivity contribution is 5.92. The van der Waals surface area contributed by atoms with Crippen molar-refractivity contribution >= 4 is 17.6 Å². The Morgan fingerprint density at radius 1 is 1.03 bits per heavy atom. The smallest absolute Gasteiger partial charge is 0.322 e. The molecule has 11 heteroatoms. The second-order valence-electron chi connectivity index (χ2n) is 7.21. The number of urea groups is 1. The number of carbonyl (C=O) groups is 2. The summed E-state index contributed by atoms with van der Waals surface area (Å²) in [6.07, 6.45) is 0. The third-order valence-electron chi connectivity index (χ3n) is 5.00. The highest BCUT2D eigenvalue weighted by Gasteiger charge is 2.45. The number of amides is 3. The summed E-state index contributed by atoms with van der Waals surface area (Å²) >= 11 is 0. The van der Waals surface area contributed by atoms with Gasteiger partial charge in [0.25, 0.3) is 5.91 Å². The molecule has 0 bridgehead atoms. The van der Waals surface area contributed by atoms with Crippen molar-refractivity contribution in [3.8, 4) is 0 Å². The minimum Gasteiger partial charge on any atom is -0.361 e. The molecule has 2 aromatic rings. The minimum atomic E-state index is -1.08. The van der Waals surface area contributed by atoms with E-state index >= 15 is 0 Å². The molecule has 1 spiro atoms. The first kappa shape index (κ1) is 19.4. The van der Waals surface area contributed by atoms with Gasteiger partial charge >= 0.3 is 6.03 Å². The van der Waals surface area contributed by atoms with Crippen LogP contribution in [-0.4, -0.2) is 77.2 Å². The number of aryl methyl sites for hydroxylation is 3.